The second kappa shape index (κ2) is 7.28. The van der Waals surface area contributed by atoms with Crippen LogP contribution >= 0.6 is 0 Å². The van der Waals surface area contributed by atoms with Crippen LogP contribution in [0.4, 0.5) is 14.5 Å². The number of nitrogens with zero attached hydrogens (tertiary/aromatic N) is 1. The summed E-state index contributed by atoms with van der Waals surface area (Å²) in [5, 5.41) is 17.8. The van der Waals surface area contributed by atoms with Crippen LogP contribution in [0, 0.1) is 11.6 Å². The molecule has 0 heterocycles. The Bertz CT molecular complexity index is 362. The fourth-order valence-electron chi connectivity index (χ4n) is 1.82. The zero-order valence-electron chi connectivity index (χ0n) is 10.5. The number of unbranched alkanes of at least 4 members (excludes halogenated alkanes) is 1. The Morgan fingerprint density at radius 2 is 1.72 bits per heavy atom. The molecular formula is C13H19F2NO2. The highest BCUT2D eigenvalue weighted by Crippen LogP contribution is 2.25. The van der Waals surface area contributed by atoms with Gasteiger partial charge in [-0.05, 0) is 24.1 Å². The molecule has 0 aliphatic carbocycles. The standard InChI is InChI=1S/C13H19F2NO2/c1-2-3-4-16(5-6-17)13-11(14)7-10(9-18)8-12(13)15/h7-8,17-18H,2-6,9H2,1H3. The summed E-state index contributed by atoms with van der Waals surface area (Å²) in [7, 11) is 0. The Kier molecular flexibility index (Phi) is 6.01. The number of benzene rings is 1. The molecule has 0 fully saturated rings. The Morgan fingerprint density at radius 3 is 2.17 bits per heavy atom. The first-order valence-corrected chi connectivity index (χ1v) is 6.08. The predicted octanol–water partition coefficient (Wildman–Crippen LogP) is 2.06. The van der Waals surface area contributed by atoms with E-state index in [1.807, 2.05) is 6.92 Å². The van der Waals surface area contributed by atoms with Crippen molar-refractivity contribution in [3.05, 3.63) is 29.3 Å². The van der Waals surface area contributed by atoms with Crippen LogP contribution in [0.15, 0.2) is 12.1 Å². The summed E-state index contributed by atoms with van der Waals surface area (Å²) in [5.74, 6) is -1.41. The summed E-state index contributed by atoms with van der Waals surface area (Å²) in [6.07, 6.45) is 1.69. The molecule has 5 heteroatoms. The minimum absolute atomic E-state index is 0.130. The molecule has 0 aliphatic heterocycles. The fraction of sp³-hybridized carbons (Fsp3) is 0.538. The molecule has 0 radical (unpaired) electrons. The molecule has 18 heavy (non-hydrogen) atoms. The van der Waals surface area contributed by atoms with E-state index in [2.05, 4.69) is 0 Å². The molecule has 102 valence electrons. The van der Waals surface area contributed by atoms with Gasteiger partial charge in [-0.1, -0.05) is 13.3 Å². The fourth-order valence-corrected chi connectivity index (χ4v) is 1.82. The third-order valence-corrected chi connectivity index (χ3v) is 2.73. The number of anilines is 1. The van der Waals surface area contributed by atoms with Gasteiger partial charge in [-0.15, -0.1) is 0 Å². The number of hydrogen-bond acceptors (Lipinski definition) is 3. The number of aliphatic hydroxyl groups excluding tert-OH is 2. The van der Waals surface area contributed by atoms with Crippen LogP contribution in [0.2, 0.25) is 0 Å². The van der Waals surface area contributed by atoms with E-state index in [1.54, 1.807) is 0 Å². The van der Waals surface area contributed by atoms with Crippen LogP contribution in [0.5, 0.6) is 0 Å². The molecule has 0 aromatic heterocycles. The normalized spacial score (nSPS) is 10.7. The average Bonchev–Trinajstić information content (AvgIpc) is 2.34. The van der Waals surface area contributed by atoms with Gasteiger partial charge in [-0.2, -0.15) is 0 Å². The Hall–Kier alpha value is -1.20. The molecule has 1 aromatic rings. The van der Waals surface area contributed by atoms with Gasteiger partial charge in [0.05, 0.1) is 13.2 Å². The summed E-state index contributed by atoms with van der Waals surface area (Å²) in [5.41, 5.74) is 0.0721. The first-order chi connectivity index (χ1) is 8.63. The average molecular weight is 259 g/mol. The molecule has 1 aromatic carbocycles. The highest BCUT2D eigenvalue weighted by atomic mass is 19.1. The predicted molar refractivity (Wildman–Crippen MR) is 66.5 cm³/mol. The highest BCUT2D eigenvalue weighted by molar-refractivity contribution is 5.50. The molecule has 0 atom stereocenters. The van der Waals surface area contributed by atoms with Crippen molar-refractivity contribution in [3.63, 3.8) is 0 Å². The largest absolute Gasteiger partial charge is 0.395 e. The maximum Gasteiger partial charge on any atom is 0.149 e. The number of rotatable bonds is 7. The third kappa shape index (κ3) is 3.65. The summed E-state index contributed by atoms with van der Waals surface area (Å²) in [6, 6.07) is 2.24. The van der Waals surface area contributed by atoms with Crippen molar-refractivity contribution in [1.29, 1.82) is 0 Å². The van der Waals surface area contributed by atoms with Gasteiger partial charge in [0.25, 0.3) is 0 Å². The van der Waals surface area contributed by atoms with Crippen molar-refractivity contribution in [3.8, 4) is 0 Å². The van der Waals surface area contributed by atoms with Crippen LogP contribution in [0.1, 0.15) is 25.3 Å². The van der Waals surface area contributed by atoms with E-state index in [-0.39, 0.29) is 24.4 Å². The first kappa shape index (κ1) is 14.9. The molecule has 0 saturated heterocycles. The van der Waals surface area contributed by atoms with Gasteiger partial charge in [0.15, 0.2) is 0 Å². The molecule has 0 aliphatic rings. The Morgan fingerprint density at radius 1 is 1.11 bits per heavy atom. The van der Waals surface area contributed by atoms with Crippen LogP contribution in [-0.2, 0) is 6.61 Å². The van der Waals surface area contributed by atoms with Gasteiger partial charge in [0.2, 0.25) is 0 Å². The summed E-state index contributed by atoms with van der Waals surface area (Å²) >= 11 is 0. The summed E-state index contributed by atoms with van der Waals surface area (Å²) in [6.45, 7) is 2.10. The van der Waals surface area contributed by atoms with E-state index in [0.717, 1.165) is 25.0 Å². The molecule has 0 spiro atoms. The van der Waals surface area contributed by atoms with Crippen LogP contribution in [-0.4, -0.2) is 29.9 Å². The van der Waals surface area contributed by atoms with Crippen molar-refractivity contribution in [2.24, 2.45) is 0 Å². The zero-order chi connectivity index (χ0) is 13.5. The van der Waals surface area contributed by atoms with Gasteiger partial charge in [0, 0.05) is 13.1 Å². The monoisotopic (exact) mass is 259 g/mol. The molecule has 0 bridgehead atoms. The van der Waals surface area contributed by atoms with Crippen molar-refractivity contribution < 1.29 is 19.0 Å². The quantitative estimate of drug-likeness (QED) is 0.787. The number of hydrogen-bond donors (Lipinski definition) is 2. The van der Waals surface area contributed by atoms with E-state index in [9.17, 15) is 8.78 Å². The molecule has 0 saturated carbocycles. The topological polar surface area (TPSA) is 43.7 Å². The molecule has 0 amide bonds. The molecular weight excluding hydrogens is 240 g/mol. The van der Waals surface area contributed by atoms with E-state index >= 15 is 0 Å². The second-order valence-corrected chi connectivity index (χ2v) is 4.13. The minimum atomic E-state index is -0.705. The SMILES string of the molecule is CCCCN(CCO)c1c(F)cc(CO)cc1F. The number of halogens is 2. The minimum Gasteiger partial charge on any atom is -0.395 e. The lowest BCUT2D eigenvalue weighted by Crippen LogP contribution is -2.29. The van der Waals surface area contributed by atoms with Gasteiger partial charge in [0.1, 0.15) is 17.3 Å². The maximum absolute atomic E-state index is 13.8. The van der Waals surface area contributed by atoms with E-state index in [0.29, 0.717) is 6.54 Å². The van der Waals surface area contributed by atoms with Gasteiger partial charge < -0.3 is 15.1 Å². The van der Waals surface area contributed by atoms with Gasteiger partial charge in [-0.3, -0.25) is 0 Å². The Balaban J connectivity index is 3.02. The first-order valence-electron chi connectivity index (χ1n) is 6.08. The lowest BCUT2D eigenvalue weighted by molar-refractivity contribution is 0.280. The van der Waals surface area contributed by atoms with Crippen molar-refractivity contribution in [2.75, 3.05) is 24.6 Å². The second-order valence-electron chi connectivity index (χ2n) is 4.13. The summed E-state index contributed by atoms with van der Waals surface area (Å²) < 4.78 is 27.6. The summed E-state index contributed by atoms with van der Waals surface area (Å²) in [4.78, 5) is 1.50. The van der Waals surface area contributed by atoms with E-state index in [1.165, 1.54) is 4.90 Å². The lowest BCUT2D eigenvalue weighted by atomic mass is 10.1. The van der Waals surface area contributed by atoms with Crippen LogP contribution in [0.3, 0.4) is 0 Å². The van der Waals surface area contributed by atoms with Crippen molar-refractivity contribution >= 4 is 5.69 Å². The van der Waals surface area contributed by atoms with Crippen LogP contribution < -0.4 is 4.90 Å². The van der Waals surface area contributed by atoms with Crippen molar-refractivity contribution in [1.82, 2.24) is 0 Å². The lowest BCUT2D eigenvalue weighted by Gasteiger charge is -2.25. The van der Waals surface area contributed by atoms with E-state index in [4.69, 9.17) is 10.2 Å². The number of aliphatic hydroxyl groups is 2. The van der Waals surface area contributed by atoms with Crippen molar-refractivity contribution in [2.45, 2.75) is 26.4 Å². The molecule has 2 N–H and O–H groups in total. The smallest absolute Gasteiger partial charge is 0.149 e. The van der Waals surface area contributed by atoms with Gasteiger partial charge >= 0.3 is 0 Å². The molecule has 0 unspecified atom stereocenters. The maximum atomic E-state index is 13.8. The van der Waals surface area contributed by atoms with Gasteiger partial charge in [-0.25, -0.2) is 8.78 Å². The van der Waals surface area contributed by atoms with Crippen LogP contribution in [0.25, 0.3) is 0 Å². The molecule has 3 nitrogen and oxygen atoms in total. The Labute approximate surface area is 106 Å². The highest BCUT2D eigenvalue weighted by Gasteiger charge is 2.17. The zero-order valence-corrected chi connectivity index (χ0v) is 10.5. The van der Waals surface area contributed by atoms with E-state index < -0.39 is 18.2 Å². The molecule has 1 rings (SSSR count). The third-order valence-electron chi connectivity index (χ3n) is 2.73.